The predicted octanol–water partition coefficient (Wildman–Crippen LogP) is 4.60. The minimum absolute atomic E-state index is 0.283. The van der Waals surface area contributed by atoms with E-state index in [9.17, 15) is 0 Å². The number of amidine groups is 2. The molecule has 1 N–H and O–H groups in total. The molecule has 5 nitrogen and oxygen atoms in total. The lowest BCUT2D eigenvalue weighted by atomic mass is 10.0. The zero-order valence-corrected chi connectivity index (χ0v) is 15.7. The van der Waals surface area contributed by atoms with Crippen molar-refractivity contribution in [2.45, 2.75) is 25.2 Å². The zero-order valence-electron chi connectivity index (χ0n) is 14.9. The molecule has 6 heteroatoms. The van der Waals surface area contributed by atoms with Gasteiger partial charge in [0.05, 0.1) is 0 Å². The van der Waals surface area contributed by atoms with Gasteiger partial charge < -0.3 is 14.4 Å². The van der Waals surface area contributed by atoms with Crippen LogP contribution in [0.3, 0.4) is 0 Å². The first-order chi connectivity index (χ1) is 12.8. The Kier molecular flexibility index (Phi) is 4.59. The number of nitrogens with one attached hydrogen (secondary N) is 1. The van der Waals surface area contributed by atoms with Crippen LogP contribution in [0, 0.1) is 5.41 Å². The number of thioether (sulfide) groups is 1. The van der Waals surface area contributed by atoms with Crippen LogP contribution in [0.25, 0.3) is 11.1 Å². The van der Waals surface area contributed by atoms with Gasteiger partial charge in [-0.1, -0.05) is 37.7 Å². The largest absolute Gasteiger partial charge is 0.454 e. The topological polar surface area (TPSA) is 57.9 Å². The number of rotatable bonds is 1. The van der Waals surface area contributed by atoms with Crippen molar-refractivity contribution >= 4 is 22.8 Å². The molecule has 0 atom stereocenters. The smallest absolute Gasteiger partial charge is 0.231 e. The summed E-state index contributed by atoms with van der Waals surface area (Å²) in [4.78, 5) is 7.75. The van der Waals surface area contributed by atoms with E-state index in [0.29, 0.717) is 5.17 Å². The molecule has 0 aromatic heterocycles. The molecule has 0 bridgehead atoms. The maximum atomic E-state index is 8.29. The van der Waals surface area contributed by atoms with Crippen LogP contribution in [0.2, 0.25) is 0 Å². The molecule has 0 radical (unpaired) electrons. The lowest BCUT2D eigenvalue weighted by Gasteiger charge is -2.34. The van der Waals surface area contributed by atoms with Crippen molar-refractivity contribution < 1.29 is 9.47 Å². The standard InChI is InChI=1S/C18H15N3O2S.C2H6/c19-18-21-7-1-6-20-17(21)13-4-2-12(9-16(13)24-18)11-3-5-14-15(8-11)23-10-22-14;1-2/h2-5,8-9,19H,1,6-7,10H2;1-2H3. The van der Waals surface area contributed by atoms with Gasteiger partial charge in [0.15, 0.2) is 16.7 Å². The summed E-state index contributed by atoms with van der Waals surface area (Å²) in [7, 11) is 0. The van der Waals surface area contributed by atoms with Crippen LogP contribution in [-0.2, 0) is 0 Å². The van der Waals surface area contributed by atoms with Crippen LogP contribution in [0.15, 0.2) is 46.3 Å². The van der Waals surface area contributed by atoms with E-state index in [4.69, 9.17) is 14.9 Å². The van der Waals surface area contributed by atoms with Gasteiger partial charge in [0, 0.05) is 23.5 Å². The van der Waals surface area contributed by atoms with Gasteiger partial charge in [0.1, 0.15) is 5.84 Å². The number of benzene rings is 2. The highest BCUT2D eigenvalue weighted by atomic mass is 32.2. The quantitative estimate of drug-likeness (QED) is 0.800. The Bertz CT molecular complexity index is 895. The molecule has 0 unspecified atom stereocenters. The molecule has 0 saturated carbocycles. The summed E-state index contributed by atoms with van der Waals surface area (Å²) in [5.74, 6) is 2.52. The summed E-state index contributed by atoms with van der Waals surface area (Å²) >= 11 is 1.50. The highest BCUT2D eigenvalue weighted by Crippen LogP contribution is 2.39. The summed E-state index contributed by atoms with van der Waals surface area (Å²) in [6, 6.07) is 12.4. The third kappa shape index (κ3) is 2.84. The van der Waals surface area contributed by atoms with Crippen LogP contribution < -0.4 is 9.47 Å². The van der Waals surface area contributed by atoms with Gasteiger partial charge >= 0.3 is 0 Å². The van der Waals surface area contributed by atoms with E-state index in [1.807, 2.05) is 36.9 Å². The number of hydrogen-bond acceptors (Lipinski definition) is 5. The van der Waals surface area contributed by atoms with E-state index in [2.05, 4.69) is 23.2 Å². The number of fused-ring (bicyclic) bond motifs is 4. The van der Waals surface area contributed by atoms with Crippen molar-refractivity contribution in [3.8, 4) is 22.6 Å². The number of hydrogen-bond donors (Lipinski definition) is 1. The Morgan fingerprint density at radius 2 is 1.81 bits per heavy atom. The lowest BCUT2D eigenvalue weighted by Crippen LogP contribution is -2.42. The summed E-state index contributed by atoms with van der Waals surface area (Å²) in [6.07, 6.45) is 1.01. The monoisotopic (exact) mass is 367 g/mol. The van der Waals surface area contributed by atoms with E-state index in [-0.39, 0.29) is 6.79 Å². The molecule has 3 aliphatic heterocycles. The maximum Gasteiger partial charge on any atom is 0.231 e. The Morgan fingerprint density at radius 3 is 2.69 bits per heavy atom. The minimum atomic E-state index is 0.283. The van der Waals surface area contributed by atoms with Gasteiger partial charge in [0.25, 0.3) is 0 Å². The summed E-state index contributed by atoms with van der Waals surface area (Å²) in [5, 5.41) is 8.85. The van der Waals surface area contributed by atoms with Crippen molar-refractivity contribution in [3.63, 3.8) is 0 Å². The predicted molar refractivity (Wildman–Crippen MR) is 106 cm³/mol. The number of ether oxygens (including phenoxy) is 2. The molecular weight excluding hydrogens is 346 g/mol. The number of aliphatic imine (C=N–C) groups is 1. The average molecular weight is 367 g/mol. The van der Waals surface area contributed by atoms with Crippen LogP contribution >= 0.6 is 11.8 Å². The van der Waals surface area contributed by atoms with Gasteiger partial charge in [-0.25, -0.2) is 0 Å². The van der Waals surface area contributed by atoms with Gasteiger partial charge in [-0.15, -0.1) is 0 Å². The minimum Gasteiger partial charge on any atom is -0.454 e. The van der Waals surface area contributed by atoms with Gasteiger partial charge in [-0.3, -0.25) is 10.4 Å². The first kappa shape index (κ1) is 17.0. The fourth-order valence-electron chi connectivity index (χ4n) is 3.24. The maximum absolute atomic E-state index is 8.29. The first-order valence-electron chi connectivity index (χ1n) is 8.92. The molecule has 0 saturated heterocycles. The molecule has 134 valence electrons. The molecule has 0 aliphatic carbocycles. The van der Waals surface area contributed by atoms with Gasteiger partial charge in [0.2, 0.25) is 6.79 Å². The van der Waals surface area contributed by atoms with Crippen LogP contribution in [0.5, 0.6) is 11.5 Å². The fourth-order valence-corrected chi connectivity index (χ4v) is 4.19. The highest BCUT2D eigenvalue weighted by Gasteiger charge is 2.29. The van der Waals surface area contributed by atoms with Crippen LogP contribution in [-0.4, -0.2) is 35.8 Å². The van der Waals surface area contributed by atoms with Crippen LogP contribution in [0.4, 0.5) is 0 Å². The molecule has 26 heavy (non-hydrogen) atoms. The Balaban J connectivity index is 0.000000814. The molecule has 2 aromatic carbocycles. The Morgan fingerprint density at radius 1 is 1.04 bits per heavy atom. The van der Waals surface area contributed by atoms with E-state index in [0.717, 1.165) is 58.4 Å². The average Bonchev–Trinajstić information content (AvgIpc) is 3.17. The zero-order chi connectivity index (χ0) is 18.1. The molecule has 3 heterocycles. The van der Waals surface area contributed by atoms with E-state index < -0.39 is 0 Å². The van der Waals surface area contributed by atoms with Crippen molar-refractivity contribution in [2.75, 3.05) is 19.9 Å². The van der Waals surface area contributed by atoms with Gasteiger partial charge in [-0.05, 0) is 41.8 Å². The lowest BCUT2D eigenvalue weighted by molar-refractivity contribution is 0.174. The summed E-state index contributed by atoms with van der Waals surface area (Å²) in [5.41, 5.74) is 3.32. The molecular formula is C20H21N3O2S. The van der Waals surface area contributed by atoms with Crippen molar-refractivity contribution in [2.24, 2.45) is 4.99 Å². The third-order valence-corrected chi connectivity index (χ3v) is 5.41. The fraction of sp³-hybridized carbons (Fsp3) is 0.300. The van der Waals surface area contributed by atoms with E-state index in [1.165, 1.54) is 11.8 Å². The molecule has 5 rings (SSSR count). The SMILES string of the molecule is CC.N=C1Sc2cc(-c3ccc4c(c3)OCO4)ccc2C2=NCCCN12. The third-order valence-electron chi connectivity index (χ3n) is 4.44. The normalized spacial score (nSPS) is 16.9. The molecule has 0 amide bonds. The molecule has 3 aliphatic rings. The second-order valence-electron chi connectivity index (χ2n) is 5.90. The number of nitrogens with zero attached hydrogens (tertiary/aromatic N) is 2. The Hall–Kier alpha value is -2.47. The Labute approximate surface area is 157 Å². The second kappa shape index (κ2) is 7.03. The van der Waals surface area contributed by atoms with E-state index in [1.54, 1.807) is 0 Å². The molecule has 0 spiro atoms. The molecule has 0 fully saturated rings. The van der Waals surface area contributed by atoms with Gasteiger partial charge in [-0.2, -0.15) is 0 Å². The highest BCUT2D eigenvalue weighted by molar-refractivity contribution is 8.14. The summed E-state index contributed by atoms with van der Waals surface area (Å²) in [6.45, 7) is 6.01. The van der Waals surface area contributed by atoms with E-state index >= 15 is 0 Å². The van der Waals surface area contributed by atoms with Crippen molar-refractivity contribution in [1.82, 2.24) is 4.90 Å². The van der Waals surface area contributed by atoms with Crippen LogP contribution in [0.1, 0.15) is 25.8 Å². The van der Waals surface area contributed by atoms with Crippen molar-refractivity contribution in [1.29, 1.82) is 5.41 Å². The second-order valence-corrected chi connectivity index (χ2v) is 6.93. The molecule has 2 aromatic rings. The van der Waals surface area contributed by atoms with Crippen molar-refractivity contribution in [3.05, 3.63) is 42.0 Å². The summed E-state index contributed by atoms with van der Waals surface area (Å²) < 4.78 is 10.9. The first-order valence-corrected chi connectivity index (χ1v) is 9.74.